The molecule has 0 saturated carbocycles. The molecule has 1 aromatic carbocycles. The number of methoxy groups -OCH3 is 1. The Morgan fingerprint density at radius 3 is 2.76 bits per heavy atom. The molecule has 7 nitrogen and oxygen atoms in total. The van der Waals surface area contributed by atoms with Gasteiger partial charge in [0.15, 0.2) is 0 Å². The molecule has 130 valence electrons. The Labute approximate surface area is 146 Å². The minimum Gasteiger partial charge on any atom is -0.497 e. The highest BCUT2D eigenvalue weighted by atomic mass is 16.5. The van der Waals surface area contributed by atoms with Crippen LogP contribution < -0.4 is 15.0 Å². The second kappa shape index (κ2) is 7.29. The molecule has 2 aromatic rings. The SMILES string of the molecule is COc1ccc(N2CC(C(=O)NCc3ccnc(C)n3)CC2=O)cc1. The van der Waals surface area contributed by atoms with Crippen molar-refractivity contribution in [3.8, 4) is 5.75 Å². The number of ether oxygens (including phenoxy) is 1. The Morgan fingerprint density at radius 1 is 1.32 bits per heavy atom. The third kappa shape index (κ3) is 3.93. The van der Waals surface area contributed by atoms with Crippen molar-refractivity contribution in [2.24, 2.45) is 5.92 Å². The number of nitrogens with one attached hydrogen (secondary N) is 1. The lowest BCUT2D eigenvalue weighted by Gasteiger charge is -2.17. The number of amides is 2. The Morgan fingerprint density at radius 2 is 2.08 bits per heavy atom. The first-order valence-electron chi connectivity index (χ1n) is 8.07. The van der Waals surface area contributed by atoms with Crippen LogP contribution in [-0.2, 0) is 16.1 Å². The van der Waals surface area contributed by atoms with Gasteiger partial charge in [0.1, 0.15) is 11.6 Å². The summed E-state index contributed by atoms with van der Waals surface area (Å²) >= 11 is 0. The van der Waals surface area contributed by atoms with Crippen molar-refractivity contribution in [3.63, 3.8) is 0 Å². The molecule has 3 rings (SSSR count). The number of rotatable bonds is 5. The van der Waals surface area contributed by atoms with Crippen LogP contribution in [0.4, 0.5) is 5.69 Å². The fraction of sp³-hybridized carbons (Fsp3) is 0.333. The molecule has 1 aromatic heterocycles. The summed E-state index contributed by atoms with van der Waals surface area (Å²) in [7, 11) is 1.59. The molecule has 7 heteroatoms. The van der Waals surface area contributed by atoms with Gasteiger partial charge in [0.2, 0.25) is 11.8 Å². The van der Waals surface area contributed by atoms with Gasteiger partial charge in [0.25, 0.3) is 0 Å². The minimum absolute atomic E-state index is 0.0526. The highest BCUT2D eigenvalue weighted by molar-refractivity contribution is 6.00. The average molecular weight is 340 g/mol. The van der Waals surface area contributed by atoms with Crippen molar-refractivity contribution in [1.82, 2.24) is 15.3 Å². The second-order valence-corrected chi connectivity index (χ2v) is 5.92. The zero-order chi connectivity index (χ0) is 17.8. The molecule has 1 aliphatic rings. The van der Waals surface area contributed by atoms with Crippen molar-refractivity contribution < 1.29 is 14.3 Å². The van der Waals surface area contributed by atoms with Crippen LogP contribution in [-0.4, -0.2) is 35.4 Å². The molecule has 25 heavy (non-hydrogen) atoms. The zero-order valence-electron chi connectivity index (χ0n) is 14.2. The molecule has 2 amide bonds. The summed E-state index contributed by atoms with van der Waals surface area (Å²) in [5, 5.41) is 2.85. The van der Waals surface area contributed by atoms with Crippen molar-refractivity contribution in [2.75, 3.05) is 18.6 Å². The predicted molar refractivity (Wildman–Crippen MR) is 92.1 cm³/mol. The van der Waals surface area contributed by atoms with E-state index in [1.807, 2.05) is 12.1 Å². The number of hydrogen-bond donors (Lipinski definition) is 1. The number of carbonyl (C=O) groups is 2. The molecule has 2 heterocycles. The summed E-state index contributed by atoms with van der Waals surface area (Å²) in [5.41, 5.74) is 1.52. The summed E-state index contributed by atoms with van der Waals surface area (Å²) in [6.07, 6.45) is 1.87. The van der Waals surface area contributed by atoms with Gasteiger partial charge >= 0.3 is 0 Å². The minimum atomic E-state index is -0.363. The lowest BCUT2D eigenvalue weighted by molar-refractivity contribution is -0.126. The first kappa shape index (κ1) is 16.9. The first-order valence-corrected chi connectivity index (χ1v) is 8.07. The number of anilines is 1. The van der Waals surface area contributed by atoms with E-state index in [4.69, 9.17) is 4.74 Å². The van der Waals surface area contributed by atoms with Crippen molar-refractivity contribution in [2.45, 2.75) is 19.9 Å². The van der Waals surface area contributed by atoms with Crippen molar-refractivity contribution >= 4 is 17.5 Å². The van der Waals surface area contributed by atoms with Crippen LogP contribution in [0.3, 0.4) is 0 Å². The standard InChI is InChI=1S/C18H20N4O3/c1-12-19-8-7-14(21-12)10-20-18(24)13-9-17(23)22(11-13)15-3-5-16(25-2)6-4-15/h3-8,13H,9-11H2,1-2H3,(H,20,24). The Bertz CT molecular complexity index is 776. The predicted octanol–water partition coefficient (Wildman–Crippen LogP) is 1.46. The number of aromatic nitrogens is 2. The van der Waals surface area contributed by atoms with Gasteiger partial charge in [-0.15, -0.1) is 0 Å². The van der Waals surface area contributed by atoms with Crippen LogP contribution in [0.15, 0.2) is 36.5 Å². The summed E-state index contributed by atoms with van der Waals surface area (Å²) in [6, 6.07) is 9.00. The average Bonchev–Trinajstić information content (AvgIpc) is 3.02. The topological polar surface area (TPSA) is 84.4 Å². The van der Waals surface area contributed by atoms with E-state index in [0.717, 1.165) is 17.1 Å². The zero-order valence-corrected chi connectivity index (χ0v) is 14.2. The van der Waals surface area contributed by atoms with Crippen LogP contribution in [0.2, 0.25) is 0 Å². The lowest BCUT2D eigenvalue weighted by Crippen LogP contribution is -2.32. The third-order valence-corrected chi connectivity index (χ3v) is 4.16. The van der Waals surface area contributed by atoms with Gasteiger partial charge in [-0.05, 0) is 37.3 Å². The normalized spacial score (nSPS) is 16.8. The molecule has 1 saturated heterocycles. The van der Waals surface area contributed by atoms with E-state index in [-0.39, 0.29) is 24.2 Å². The van der Waals surface area contributed by atoms with Crippen LogP contribution >= 0.6 is 0 Å². The third-order valence-electron chi connectivity index (χ3n) is 4.16. The van der Waals surface area contributed by atoms with E-state index in [2.05, 4.69) is 15.3 Å². The van der Waals surface area contributed by atoms with Gasteiger partial charge in [0, 0.05) is 24.8 Å². The van der Waals surface area contributed by atoms with Gasteiger partial charge in [-0.1, -0.05) is 0 Å². The largest absolute Gasteiger partial charge is 0.497 e. The van der Waals surface area contributed by atoms with Gasteiger partial charge in [-0.2, -0.15) is 0 Å². The van der Waals surface area contributed by atoms with E-state index in [9.17, 15) is 9.59 Å². The quantitative estimate of drug-likeness (QED) is 0.891. The molecule has 0 aliphatic carbocycles. The maximum atomic E-state index is 12.4. The number of benzene rings is 1. The molecular formula is C18H20N4O3. The fourth-order valence-corrected chi connectivity index (χ4v) is 2.82. The molecule has 1 unspecified atom stereocenters. The molecule has 1 fully saturated rings. The Balaban J connectivity index is 1.60. The lowest BCUT2D eigenvalue weighted by atomic mass is 10.1. The fourth-order valence-electron chi connectivity index (χ4n) is 2.82. The van der Waals surface area contributed by atoms with Crippen molar-refractivity contribution in [1.29, 1.82) is 0 Å². The summed E-state index contributed by atoms with van der Waals surface area (Å²) in [6.45, 7) is 2.50. The van der Waals surface area contributed by atoms with E-state index >= 15 is 0 Å². The molecule has 0 bridgehead atoms. The van der Waals surface area contributed by atoms with Gasteiger partial charge in [0.05, 0.1) is 25.3 Å². The first-order chi connectivity index (χ1) is 12.1. The van der Waals surface area contributed by atoms with Crippen LogP contribution in [0, 0.1) is 12.8 Å². The molecule has 0 spiro atoms. The monoisotopic (exact) mass is 340 g/mol. The maximum absolute atomic E-state index is 12.4. The van der Waals surface area contributed by atoms with Gasteiger partial charge < -0.3 is 15.0 Å². The Kier molecular flexibility index (Phi) is 4.92. The molecule has 0 radical (unpaired) electrons. The van der Waals surface area contributed by atoms with Crippen LogP contribution in [0.25, 0.3) is 0 Å². The molecule has 1 atom stereocenters. The van der Waals surface area contributed by atoms with E-state index in [1.165, 1.54) is 0 Å². The highest BCUT2D eigenvalue weighted by Gasteiger charge is 2.35. The number of nitrogens with zero attached hydrogens (tertiary/aromatic N) is 3. The van der Waals surface area contributed by atoms with Crippen molar-refractivity contribution in [3.05, 3.63) is 48.0 Å². The van der Waals surface area contributed by atoms with Gasteiger partial charge in [-0.25, -0.2) is 9.97 Å². The van der Waals surface area contributed by atoms with Gasteiger partial charge in [-0.3, -0.25) is 9.59 Å². The summed E-state index contributed by atoms with van der Waals surface area (Å²) in [4.78, 5) is 34.5. The molecule has 1 N–H and O–H groups in total. The van der Waals surface area contributed by atoms with E-state index < -0.39 is 0 Å². The summed E-state index contributed by atoms with van der Waals surface area (Å²) in [5.74, 6) is 0.833. The Hall–Kier alpha value is -2.96. The molecular weight excluding hydrogens is 320 g/mol. The number of carbonyl (C=O) groups excluding carboxylic acids is 2. The summed E-state index contributed by atoms with van der Waals surface area (Å²) < 4.78 is 5.12. The van der Waals surface area contributed by atoms with Crippen LogP contribution in [0.5, 0.6) is 5.75 Å². The molecule has 1 aliphatic heterocycles. The van der Waals surface area contributed by atoms with Crippen LogP contribution in [0.1, 0.15) is 17.9 Å². The van der Waals surface area contributed by atoms with E-state index in [1.54, 1.807) is 43.3 Å². The maximum Gasteiger partial charge on any atom is 0.227 e. The van der Waals surface area contributed by atoms with E-state index in [0.29, 0.717) is 18.9 Å². The smallest absolute Gasteiger partial charge is 0.227 e. The number of hydrogen-bond acceptors (Lipinski definition) is 5. The second-order valence-electron chi connectivity index (χ2n) is 5.92. The highest BCUT2D eigenvalue weighted by Crippen LogP contribution is 2.26. The number of aryl methyl sites for hydroxylation is 1.